The SMILES string of the molecule is NC(=O)C1CNCCN1c1ncc([N+](=O)[O-])cc1Cl. The van der Waals surface area contributed by atoms with Gasteiger partial charge in [-0.15, -0.1) is 0 Å². The van der Waals surface area contributed by atoms with E-state index >= 15 is 0 Å². The van der Waals surface area contributed by atoms with Crippen molar-refractivity contribution in [3.63, 3.8) is 0 Å². The van der Waals surface area contributed by atoms with E-state index in [0.717, 1.165) is 6.20 Å². The number of nitrogens with one attached hydrogen (secondary N) is 1. The second kappa shape index (κ2) is 5.37. The predicted octanol–water partition coefficient (Wildman–Crippen LogP) is -0.0933. The summed E-state index contributed by atoms with van der Waals surface area (Å²) in [6.07, 6.45) is 1.11. The number of nitrogens with two attached hydrogens (primary N) is 1. The molecule has 2 heterocycles. The fraction of sp³-hybridized carbons (Fsp3) is 0.400. The molecule has 0 saturated carbocycles. The largest absolute Gasteiger partial charge is 0.368 e. The van der Waals surface area contributed by atoms with Crippen LogP contribution in [-0.2, 0) is 4.79 Å². The quantitative estimate of drug-likeness (QED) is 0.592. The van der Waals surface area contributed by atoms with E-state index in [1.165, 1.54) is 6.07 Å². The zero-order chi connectivity index (χ0) is 14.0. The molecule has 2 rings (SSSR count). The van der Waals surface area contributed by atoms with Crippen molar-refractivity contribution >= 4 is 29.0 Å². The summed E-state index contributed by atoms with van der Waals surface area (Å²) in [5.41, 5.74) is 5.13. The smallest absolute Gasteiger partial charge is 0.289 e. The van der Waals surface area contributed by atoms with Crippen LogP contribution in [0.2, 0.25) is 5.02 Å². The van der Waals surface area contributed by atoms with E-state index in [2.05, 4.69) is 10.3 Å². The Hall–Kier alpha value is -1.93. The summed E-state index contributed by atoms with van der Waals surface area (Å²) in [5.74, 6) is -0.166. The lowest BCUT2D eigenvalue weighted by Crippen LogP contribution is -2.57. The number of pyridine rings is 1. The molecule has 1 saturated heterocycles. The molecule has 9 heteroatoms. The van der Waals surface area contributed by atoms with Gasteiger partial charge in [-0.2, -0.15) is 0 Å². The van der Waals surface area contributed by atoms with Gasteiger partial charge in [0.05, 0.1) is 9.95 Å². The molecule has 1 unspecified atom stereocenters. The van der Waals surface area contributed by atoms with Crippen LogP contribution in [0.5, 0.6) is 0 Å². The van der Waals surface area contributed by atoms with E-state index in [1.54, 1.807) is 4.90 Å². The molecule has 102 valence electrons. The molecule has 1 amide bonds. The number of amides is 1. The molecule has 1 aromatic heterocycles. The molecule has 0 bridgehead atoms. The van der Waals surface area contributed by atoms with Crippen molar-refractivity contribution in [2.75, 3.05) is 24.5 Å². The molecule has 3 N–H and O–H groups in total. The standard InChI is InChI=1S/C10H12ClN5O3/c11-7-3-6(16(18)19)4-14-10(7)15-2-1-13-5-8(15)9(12)17/h3-4,8,13H,1-2,5H2,(H2,12,17). The Labute approximate surface area is 113 Å². The third-order valence-corrected chi connectivity index (χ3v) is 3.14. The molecule has 1 aliphatic heterocycles. The van der Waals surface area contributed by atoms with E-state index in [0.29, 0.717) is 25.5 Å². The second-order valence-electron chi connectivity index (χ2n) is 4.07. The van der Waals surface area contributed by atoms with Crippen molar-refractivity contribution in [1.82, 2.24) is 10.3 Å². The number of halogens is 1. The van der Waals surface area contributed by atoms with E-state index in [1.807, 2.05) is 0 Å². The minimum atomic E-state index is -0.577. The summed E-state index contributed by atoms with van der Waals surface area (Å²) in [5, 5.41) is 13.8. The minimum Gasteiger partial charge on any atom is -0.368 e. The van der Waals surface area contributed by atoms with Crippen molar-refractivity contribution in [3.05, 3.63) is 27.4 Å². The van der Waals surface area contributed by atoms with Gasteiger partial charge in [0.15, 0.2) is 0 Å². The Balaban J connectivity index is 2.34. The highest BCUT2D eigenvalue weighted by atomic mass is 35.5. The van der Waals surface area contributed by atoms with Gasteiger partial charge in [-0.05, 0) is 0 Å². The van der Waals surface area contributed by atoms with E-state index in [-0.39, 0.29) is 10.7 Å². The van der Waals surface area contributed by atoms with Crippen LogP contribution in [0.4, 0.5) is 11.5 Å². The number of carbonyl (C=O) groups is 1. The maximum atomic E-state index is 11.4. The summed E-state index contributed by atoms with van der Waals surface area (Å²) >= 11 is 6.00. The predicted molar refractivity (Wildman–Crippen MR) is 69.1 cm³/mol. The molecular weight excluding hydrogens is 274 g/mol. The third kappa shape index (κ3) is 2.74. The number of primary amides is 1. The lowest BCUT2D eigenvalue weighted by atomic mass is 10.2. The van der Waals surface area contributed by atoms with E-state index < -0.39 is 16.9 Å². The molecule has 0 aliphatic carbocycles. The fourth-order valence-electron chi connectivity index (χ4n) is 1.94. The Morgan fingerprint density at radius 1 is 1.68 bits per heavy atom. The fourth-order valence-corrected chi connectivity index (χ4v) is 2.21. The number of piperazine rings is 1. The highest BCUT2D eigenvalue weighted by Crippen LogP contribution is 2.28. The number of nitro groups is 1. The van der Waals surface area contributed by atoms with Gasteiger partial charge >= 0.3 is 0 Å². The highest BCUT2D eigenvalue weighted by Gasteiger charge is 2.29. The lowest BCUT2D eigenvalue weighted by Gasteiger charge is -2.35. The van der Waals surface area contributed by atoms with E-state index in [9.17, 15) is 14.9 Å². The molecule has 8 nitrogen and oxygen atoms in total. The first kappa shape index (κ1) is 13.5. The monoisotopic (exact) mass is 285 g/mol. The van der Waals surface area contributed by atoms with Crippen LogP contribution in [0.1, 0.15) is 0 Å². The van der Waals surface area contributed by atoms with Crippen molar-refractivity contribution in [1.29, 1.82) is 0 Å². The van der Waals surface area contributed by atoms with Crippen LogP contribution in [0.3, 0.4) is 0 Å². The van der Waals surface area contributed by atoms with Gasteiger partial charge < -0.3 is 16.0 Å². The lowest BCUT2D eigenvalue weighted by molar-refractivity contribution is -0.385. The zero-order valence-electron chi connectivity index (χ0n) is 9.88. The topological polar surface area (TPSA) is 114 Å². The summed E-state index contributed by atoms with van der Waals surface area (Å²) in [6.45, 7) is 1.54. The molecule has 0 spiro atoms. The summed E-state index contributed by atoms with van der Waals surface area (Å²) in [6, 6.07) is 0.643. The zero-order valence-corrected chi connectivity index (χ0v) is 10.6. The molecule has 0 aromatic carbocycles. The number of anilines is 1. The molecule has 1 aromatic rings. The van der Waals surface area contributed by atoms with Crippen LogP contribution in [-0.4, -0.2) is 41.5 Å². The maximum absolute atomic E-state index is 11.4. The number of hydrogen-bond acceptors (Lipinski definition) is 6. The number of aromatic nitrogens is 1. The highest BCUT2D eigenvalue weighted by molar-refractivity contribution is 6.33. The van der Waals surface area contributed by atoms with Crippen molar-refractivity contribution in [3.8, 4) is 0 Å². The first-order chi connectivity index (χ1) is 9.00. The third-order valence-electron chi connectivity index (χ3n) is 2.86. The molecule has 0 radical (unpaired) electrons. The first-order valence-electron chi connectivity index (χ1n) is 5.57. The van der Waals surface area contributed by atoms with Crippen LogP contribution in [0.25, 0.3) is 0 Å². The summed E-state index contributed by atoms with van der Waals surface area (Å²) in [4.78, 5) is 27.1. The van der Waals surface area contributed by atoms with Gasteiger partial charge in [0, 0.05) is 25.7 Å². The normalized spacial score (nSPS) is 19.2. The average Bonchev–Trinajstić information content (AvgIpc) is 2.38. The Morgan fingerprint density at radius 2 is 2.42 bits per heavy atom. The molecule has 1 atom stereocenters. The van der Waals surface area contributed by atoms with Crippen LogP contribution >= 0.6 is 11.6 Å². The minimum absolute atomic E-state index is 0.127. The molecule has 19 heavy (non-hydrogen) atoms. The van der Waals surface area contributed by atoms with Crippen molar-refractivity contribution in [2.45, 2.75) is 6.04 Å². The molecule has 1 fully saturated rings. The second-order valence-corrected chi connectivity index (χ2v) is 4.48. The molecule has 1 aliphatic rings. The van der Waals surface area contributed by atoms with Gasteiger partial charge in [0.25, 0.3) is 5.69 Å². The molecular formula is C10H12ClN5O3. The number of carbonyl (C=O) groups excluding carboxylic acids is 1. The Bertz CT molecular complexity index is 524. The van der Waals surface area contributed by atoms with E-state index in [4.69, 9.17) is 17.3 Å². The van der Waals surface area contributed by atoms with Crippen LogP contribution in [0.15, 0.2) is 12.3 Å². The van der Waals surface area contributed by atoms with Gasteiger partial charge in [-0.3, -0.25) is 14.9 Å². The van der Waals surface area contributed by atoms with Gasteiger partial charge in [0.2, 0.25) is 5.91 Å². The van der Waals surface area contributed by atoms with Gasteiger partial charge in [-0.25, -0.2) is 4.98 Å². The van der Waals surface area contributed by atoms with Crippen molar-refractivity contribution < 1.29 is 9.72 Å². The number of rotatable bonds is 3. The van der Waals surface area contributed by atoms with Gasteiger partial charge in [-0.1, -0.05) is 11.6 Å². The Kier molecular flexibility index (Phi) is 3.82. The number of hydrogen-bond donors (Lipinski definition) is 2. The average molecular weight is 286 g/mol. The van der Waals surface area contributed by atoms with Crippen molar-refractivity contribution in [2.24, 2.45) is 5.73 Å². The van der Waals surface area contributed by atoms with Crippen LogP contribution in [0, 0.1) is 10.1 Å². The maximum Gasteiger partial charge on any atom is 0.289 e. The van der Waals surface area contributed by atoms with Crippen LogP contribution < -0.4 is 16.0 Å². The van der Waals surface area contributed by atoms with Gasteiger partial charge in [0.1, 0.15) is 18.1 Å². The Morgan fingerprint density at radius 3 is 3.00 bits per heavy atom. The first-order valence-corrected chi connectivity index (χ1v) is 5.95. The number of nitrogens with zero attached hydrogens (tertiary/aromatic N) is 3. The summed E-state index contributed by atoms with van der Waals surface area (Å²) < 4.78 is 0. The summed E-state index contributed by atoms with van der Waals surface area (Å²) in [7, 11) is 0.